The molecule has 6 heteroatoms. The summed E-state index contributed by atoms with van der Waals surface area (Å²) >= 11 is 3.38. The van der Waals surface area contributed by atoms with Crippen LogP contribution in [0.2, 0.25) is 0 Å². The van der Waals surface area contributed by atoms with E-state index in [0.29, 0.717) is 5.75 Å². The van der Waals surface area contributed by atoms with Crippen LogP contribution in [0.1, 0.15) is 37.7 Å². The fraction of sp³-hybridized carbons (Fsp3) is 0.500. The lowest BCUT2D eigenvalue weighted by molar-refractivity contribution is -0.122. The smallest absolute Gasteiger partial charge is 0.321 e. The van der Waals surface area contributed by atoms with E-state index in [4.69, 9.17) is 4.74 Å². The van der Waals surface area contributed by atoms with Crippen molar-refractivity contribution in [3.05, 3.63) is 28.2 Å². The predicted octanol–water partition coefficient (Wildman–Crippen LogP) is 3.29. The Morgan fingerprint density at radius 1 is 1.27 bits per heavy atom. The van der Waals surface area contributed by atoms with Crippen LogP contribution in [0.5, 0.6) is 5.75 Å². The number of amides is 3. The Kier molecular flexibility index (Phi) is 6.24. The van der Waals surface area contributed by atoms with Gasteiger partial charge in [0.2, 0.25) is 0 Å². The molecule has 0 aromatic heterocycles. The third-order valence-corrected chi connectivity index (χ3v) is 4.26. The molecule has 1 fully saturated rings. The first-order valence-electron chi connectivity index (χ1n) is 7.54. The third kappa shape index (κ3) is 5.33. The maximum absolute atomic E-state index is 11.7. The molecule has 1 aliphatic carbocycles. The van der Waals surface area contributed by atoms with Gasteiger partial charge in [0, 0.05) is 6.04 Å². The molecule has 0 aliphatic heterocycles. The highest BCUT2D eigenvalue weighted by Gasteiger charge is 2.17. The van der Waals surface area contributed by atoms with E-state index in [1.807, 2.05) is 19.1 Å². The number of carbonyl (C=O) groups excluding carboxylic acids is 2. The summed E-state index contributed by atoms with van der Waals surface area (Å²) in [4.78, 5) is 23.5. The first-order valence-corrected chi connectivity index (χ1v) is 8.33. The second kappa shape index (κ2) is 8.17. The van der Waals surface area contributed by atoms with Crippen molar-refractivity contribution >= 4 is 27.9 Å². The molecule has 0 spiro atoms. The van der Waals surface area contributed by atoms with Gasteiger partial charge in [0.25, 0.3) is 5.91 Å². The number of nitrogens with one attached hydrogen (secondary N) is 2. The van der Waals surface area contributed by atoms with Gasteiger partial charge < -0.3 is 10.1 Å². The number of benzene rings is 1. The van der Waals surface area contributed by atoms with Crippen LogP contribution in [0.15, 0.2) is 22.7 Å². The average Bonchev–Trinajstić information content (AvgIpc) is 2.47. The minimum atomic E-state index is -0.458. The lowest BCUT2D eigenvalue weighted by Gasteiger charge is -2.22. The van der Waals surface area contributed by atoms with E-state index in [2.05, 4.69) is 26.6 Å². The summed E-state index contributed by atoms with van der Waals surface area (Å²) in [5.41, 5.74) is 1.09. The predicted molar refractivity (Wildman–Crippen MR) is 87.9 cm³/mol. The second-order valence-electron chi connectivity index (χ2n) is 5.58. The molecule has 0 radical (unpaired) electrons. The minimum Gasteiger partial charge on any atom is -0.483 e. The molecule has 1 aromatic rings. The Morgan fingerprint density at radius 2 is 2.00 bits per heavy atom. The summed E-state index contributed by atoms with van der Waals surface area (Å²) < 4.78 is 6.19. The Morgan fingerprint density at radius 3 is 2.68 bits per heavy atom. The van der Waals surface area contributed by atoms with E-state index in [0.717, 1.165) is 35.7 Å². The molecule has 5 nitrogen and oxygen atoms in total. The molecule has 1 aromatic carbocycles. The van der Waals surface area contributed by atoms with E-state index in [9.17, 15) is 9.59 Å². The zero-order chi connectivity index (χ0) is 15.9. The molecule has 2 N–H and O–H groups in total. The van der Waals surface area contributed by atoms with E-state index in [-0.39, 0.29) is 12.6 Å². The summed E-state index contributed by atoms with van der Waals surface area (Å²) in [6, 6.07) is 5.32. The van der Waals surface area contributed by atoms with Gasteiger partial charge in [-0.05, 0) is 53.4 Å². The molecule has 0 saturated heterocycles. The summed E-state index contributed by atoms with van der Waals surface area (Å²) in [6.07, 6.45) is 5.44. The number of halogens is 1. The van der Waals surface area contributed by atoms with Gasteiger partial charge in [-0.15, -0.1) is 0 Å². The zero-order valence-corrected chi connectivity index (χ0v) is 14.2. The second-order valence-corrected chi connectivity index (χ2v) is 6.43. The topological polar surface area (TPSA) is 67.4 Å². The number of aryl methyl sites for hydroxylation is 1. The first-order chi connectivity index (χ1) is 10.5. The lowest BCUT2D eigenvalue weighted by Crippen LogP contribution is -2.46. The van der Waals surface area contributed by atoms with Crippen LogP contribution in [0.3, 0.4) is 0 Å². The number of imide groups is 1. The van der Waals surface area contributed by atoms with Crippen LogP contribution in [-0.2, 0) is 4.79 Å². The lowest BCUT2D eigenvalue weighted by atomic mass is 9.96. The Hall–Kier alpha value is -1.56. The van der Waals surface area contributed by atoms with Crippen LogP contribution in [0.4, 0.5) is 4.79 Å². The van der Waals surface area contributed by atoms with Gasteiger partial charge in [0.05, 0.1) is 4.47 Å². The van der Waals surface area contributed by atoms with Gasteiger partial charge in [-0.1, -0.05) is 25.3 Å². The van der Waals surface area contributed by atoms with Crippen LogP contribution in [0, 0.1) is 6.92 Å². The Labute approximate surface area is 138 Å². The highest BCUT2D eigenvalue weighted by atomic mass is 79.9. The summed E-state index contributed by atoms with van der Waals surface area (Å²) in [5, 5.41) is 5.13. The van der Waals surface area contributed by atoms with Crippen LogP contribution >= 0.6 is 15.9 Å². The van der Waals surface area contributed by atoms with Crippen LogP contribution in [0.25, 0.3) is 0 Å². The summed E-state index contributed by atoms with van der Waals surface area (Å²) in [5.74, 6) is 0.120. The molecule has 3 amide bonds. The maximum Gasteiger partial charge on any atom is 0.321 e. The number of urea groups is 1. The zero-order valence-electron chi connectivity index (χ0n) is 12.7. The van der Waals surface area contributed by atoms with Crippen molar-refractivity contribution in [2.24, 2.45) is 0 Å². The normalized spacial score (nSPS) is 15.2. The Balaban J connectivity index is 1.73. The van der Waals surface area contributed by atoms with E-state index in [1.165, 1.54) is 6.42 Å². The van der Waals surface area contributed by atoms with Gasteiger partial charge in [-0.25, -0.2) is 4.79 Å². The molecular formula is C16H21BrN2O3. The fourth-order valence-corrected chi connectivity index (χ4v) is 3.11. The largest absolute Gasteiger partial charge is 0.483 e. The average molecular weight is 369 g/mol. The summed E-state index contributed by atoms with van der Waals surface area (Å²) in [7, 11) is 0. The third-order valence-electron chi connectivity index (χ3n) is 3.64. The van der Waals surface area contributed by atoms with Crippen molar-refractivity contribution in [3.63, 3.8) is 0 Å². The number of hydrogen-bond acceptors (Lipinski definition) is 3. The maximum atomic E-state index is 11.7. The van der Waals surface area contributed by atoms with Crippen molar-refractivity contribution in [1.82, 2.24) is 10.6 Å². The van der Waals surface area contributed by atoms with Crippen molar-refractivity contribution < 1.29 is 14.3 Å². The molecule has 1 aliphatic rings. The molecule has 0 bridgehead atoms. The van der Waals surface area contributed by atoms with Crippen LogP contribution in [-0.4, -0.2) is 24.6 Å². The number of ether oxygens (including phenoxy) is 1. The van der Waals surface area contributed by atoms with E-state index >= 15 is 0 Å². The molecular weight excluding hydrogens is 348 g/mol. The van der Waals surface area contributed by atoms with Gasteiger partial charge >= 0.3 is 6.03 Å². The van der Waals surface area contributed by atoms with Crippen molar-refractivity contribution in [3.8, 4) is 5.75 Å². The monoisotopic (exact) mass is 368 g/mol. The van der Waals surface area contributed by atoms with E-state index < -0.39 is 11.9 Å². The number of hydrogen-bond donors (Lipinski definition) is 2. The first kappa shape index (κ1) is 16.8. The number of carbonyl (C=O) groups is 2. The van der Waals surface area contributed by atoms with Gasteiger partial charge in [-0.2, -0.15) is 0 Å². The standard InChI is InChI=1S/C16H21BrN2O3/c1-11-7-8-14(13(17)9-11)22-10-15(20)19-16(21)18-12-5-3-2-4-6-12/h7-9,12H,2-6,10H2,1H3,(H2,18,19,20,21). The van der Waals surface area contributed by atoms with Gasteiger partial charge in [0.15, 0.2) is 6.61 Å². The van der Waals surface area contributed by atoms with Gasteiger partial charge in [0.1, 0.15) is 5.75 Å². The highest BCUT2D eigenvalue weighted by molar-refractivity contribution is 9.10. The SMILES string of the molecule is Cc1ccc(OCC(=O)NC(=O)NC2CCCCC2)c(Br)c1. The molecule has 1 saturated carbocycles. The van der Waals surface area contributed by atoms with Crippen molar-refractivity contribution in [2.75, 3.05) is 6.61 Å². The fourth-order valence-electron chi connectivity index (χ4n) is 2.50. The minimum absolute atomic E-state index is 0.175. The molecule has 0 unspecified atom stereocenters. The number of rotatable bonds is 4. The summed E-state index contributed by atoms with van der Waals surface area (Å²) in [6.45, 7) is 1.77. The molecule has 22 heavy (non-hydrogen) atoms. The van der Waals surface area contributed by atoms with Gasteiger partial charge in [-0.3, -0.25) is 10.1 Å². The van der Waals surface area contributed by atoms with Crippen molar-refractivity contribution in [2.45, 2.75) is 45.1 Å². The Bertz CT molecular complexity index is 542. The van der Waals surface area contributed by atoms with E-state index in [1.54, 1.807) is 6.07 Å². The quantitative estimate of drug-likeness (QED) is 0.856. The highest BCUT2D eigenvalue weighted by Crippen LogP contribution is 2.25. The van der Waals surface area contributed by atoms with Crippen LogP contribution < -0.4 is 15.4 Å². The van der Waals surface area contributed by atoms with Crippen molar-refractivity contribution in [1.29, 1.82) is 0 Å². The molecule has 120 valence electrons. The molecule has 0 heterocycles. The molecule has 0 atom stereocenters. The molecule has 2 rings (SSSR count).